The second kappa shape index (κ2) is 8.93. The van der Waals surface area contributed by atoms with Crippen molar-refractivity contribution in [3.8, 4) is 0 Å². The molecule has 0 aliphatic carbocycles. The van der Waals surface area contributed by atoms with Crippen molar-refractivity contribution in [2.24, 2.45) is 0 Å². The van der Waals surface area contributed by atoms with Gasteiger partial charge in [-0.05, 0) is 49.1 Å². The van der Waals surface area contributed by atoms with Crippen LogP contribution in [0, 0.1) is 0 Å². The Hall–Kier alpha value is -2.54. The summed E-state index contributed by atoms with van der Waals surface area (Å²) in [6.07, 6.45) is 0.401. The van der Waals surface area contributed by atoms with Gasteiger partial charge in [-0.15, -0.1) is 11.3 Å². The Labute approximate surface area is 145 Å². The van der Waals surface area contributed by atoms with Crippen LogP contribution in [-0.4, -0.2) is 32.3 Å². The molecular formula is C17H21N3O3S. The minimum Gasteiger partial charge on any atom is -0.449 e. The van der Waals surface area contributed by atoms with Gasteiger partial charge in [-0.3, -0.25) is 4.90 Å². The van der Waals surface area contributed by atoms with E-state index in [1.165, 1.54) is 9.78 Å². The van der Waals surface area contributed by atoms with Crippen LogP contribution >= 0.6 is 11.3 Å². The molecule has 0 saturated heterocycles. The first-order chi connectivity index (χ1) is 11.6. The average Bonchev–Trinajstić information content (AvgIpc) is 3.08. The summed E-state index contributed by atoms with van der Waals surface area (Å²) in [5, 5.41) is 7.59. The summed E-state index contributed by atoms with van der Waals surface area (Å²) in [4.78, 5) is 26.1. The molecule has 6 nitrogen and oxygen atoms in total. The van der Waals surface area contributed by atoms with Crippen LogP contribution in [-0.2, 0) is 11.2 Å². The Morgan fingerprint density at radius 1 is 1.21 bits per heavy atom. The van der Waals surface area contributed by atoms with E-state index in [9.17, 15) is 9.59 Å². The Morgan fingerprint density at radius 3 is 2.58 bits per heavy atom. The molecule has 1 aromatic carbocycles. The fourth-order valence-corrected chi connectivity index (χ4v) is 2.73. The Bertz CT molecular complexity index is 656. The van der Waals surface area contributed by atoms with Crippen LogP contribution in [0.15, 0.2) is 41.8 Å². The highest BCUT2D eigenvalue weighted by molar-refractivity contribution is 7.09. The van der Waals surface area contributed by atoms with E-state index in [0.29, 0.717) is 24.5 Å². The van der Waals surface area contributed by atoms with E-state index < -0.39 is 6.09 Å². The molecule has 128 valence electrons. The monoisotopic (exact) mass is 347 g/mol. The molecule has 3 amide bonds. The summed E-state index contributed by atoms with van der Waals surface area (Å²) in [6.45, 7) is 2.67. The maximum atomic E-state index is 11.8. The zero-order valence-corrected chi connectivity index (χ0v) is 14.6. The number of carbonyl (C=O) groups is 2. The van der Waals surface area contributed by atoms with Gasteiger partial charge in [-0.25, -0.2) is 9.59 Å². The van der Waals surface area contributed by atoms with Crippen molar-refractivity contribution >= 4 is 34.8 Å². The average molecular weight is 347 g/mol. The van der Waals surface area contributed by atoms with E-state index in [2.05, 4.69) is 10.6 Å². The molecule has 0 saturated carbocycles. The lowest BCUT2D eigenvalue weighted by molar-refractivity contribution is 0.161. The van der Waals surface area contributed by atoms with Gasteiger partial charge in [0.15, 0.2) is 0 Å². The number of urea groups is 1. The molecule has 0 radical (unpaired) electrons. The zero-order valence-electron chi connectivity index (χ0n) is 13.7. The summed E-state index contributed by atoms with van der Waals surface area (Å²) in [5.74, 6) is 0. The lowest BCUT2D eigenvalue weighted by atomic mass is 10.2. The number of ether oxygens (including phenoxy) is 1. The van der Waals surface area contributed by atoms with Gasteiger partial charge in [0.2, 0.25) is 0 Å². The largest absolute Gasteiger partial charge is 0.449 e. The van der Waals surface area contributed by atoms with E-state index in [4.69, 9.17) is 4.74 Å². The number of thiophene rings is 1. The van der Waals surface area contributed by atoms with Gasteiger partial charge in [0, 0.05) is 29.8 Å². The van der Waals surface area contributed by atoms with Crippen molar-refractivity contribution in [2.45, 2.75) is 13.3 Å². The lowest BCUT2D eigenvalue weighted by Crippen LogP contribution is -2.30. The smallest absolute Gasteiger partial charge is 0.413 e. The topological polar surface area (TPSA) is 70.7 Å². The van der Waals surface area contributed by atoms with Crippen LogP contribution < -0.4 is 15.5 Å². The van der Waals surface area contributed by atoms with E-state index in [-0.39, 0.29) is 6.03 Å². The minimum absolute atomic E-state index is 0.252. The van der Waals surface area contributed by atoms with Crippen LogP contribution in [0.4, 0.5) is 21.0 Å². The molecule has 0 atom stereocenters. The summed E-state index contributed by atoms with van der Waals surface area (Å²) < 4.78 is 4.94. The van der Waals surface area contributed by atoms with E-state index in [1.54, 1.807) is 49.6 Å². The molecule has 0 fully saturated rings. The number of nitrogens with one attached hydrogen (secondary N) is 2. The second-order valence-corrected chi connectivity index (χ2v) is 6.05. The summed E-state index contributed by atoms with van der Waals surface area (Å²) in [7, 11) is 1.64. The molecule has 0 bridgehead atoms. The number of hydrogen-bond donors (Lipinski definition) is 2. The zero-order chi connectivity index (χ0) is 17.4. The standard InChI is InChI=1S/C17H21N3O3S/c1-3-23-17(22)20(2)14-8-6-13(7-9-14)19-16(21)18-11-10-15-5-4-12-24-15/h4-9,12H,3,10-11H2,1-2H3,(H2,18,19,21). The van der Waals surface area contributed by atoms with Crippen LogP contribution in [0.25, 0.3) is 0 Å². The molecular weight excluding hydrogens is 326 g/mol. The number of carbonyl (C=O) groups excluding carboxylic acids is 2. The number of amides is 3. The van der Waals surface area contributed by atoms with Gasteiger partial charge in [-0.2, -0.15) is 0 Å². The van der Waals surface area contributed by atoms with Crippen molar-refractivity contribution < 1.29 is 14.3 Å². The Balaban J connectivity index is 1.80. The van der Waals surface area contributed by atoms with Crippen molar-refractivity contribution in [1.29, 1.82) is 0 Å². The van der Waals surface area contributed by atoms with E-state index in [1.807, 2.05) is 17.5 Å². The molecule has 24 heavy (non-hydrogen) atoms. The predicted octanol–water partition coefficient (Wildman–Crippen LogP) is 3.71. The lowest BCUT2D eigenvalue weighted by Gasteiger charge is -2.17. The molecule has 0 spiro atoms. The van der Waals surface area contributed by atoms with Crippen molar-refractivity contribution in [2.75, 3.05) is 30.4 Å². The van der Waals surface area contributed by atoms with Crippen LogP contribution in [0.1, 0.15) is 11.8 Å². The molecule has 7 heteroatoms. The molecule has 0 unspecified atom stereocenters. The molecule has 0 aliphatic heterocycles. The molecule has 1 heterocycles. The summed E-state index contributed by atoms with van der Waals surface area (Å²) >= 11 is 1.67. The van der Waals surface area contributed by atoms with Crippen LogP contribution in [0.2, 0.25) is 0 Å². The highest BCUT2D eigenvalue weighted by atomic mass is 32.1. The van der Waals surface area contributed by atoms with Crippen molar-refractivity contribution in [3.05, 3.63) is 46.7 Å². The Morgan fingerprint density at radius 2 is 1.96 bits per heavy atom. The third-order valence-corrected chi connectivity index (χ3v) is 4.23. The first-order valence-electron chi connectivity index (χ1n) is 7.68. The van der Waals surface area contributed by atoms with Crippen LogP contribution in [0.3, 0.4) is 0 Å². The number of hydrogen-bond acceptors (Lipinski definition) is 4. The molecule has 2 rings (SSSR count). The Kier molecular flexibility index (Phi) is 6.62. The van der Waals surface area contributed by atoms with E-state index >= 15 is 0 Å². The van der Waals surface area contributed by atoms with Crippen molar-refractivity contribution in [1.82, 2.24) is 5.32 Å². The number of rotatable bonds is 6. The fraction of sp³-hybridized carbons (Fsp3) is 0.294. The quantitative estimate of drug-likeness (QED) is 0.837. The fourth-order valence-electron chi connectivity index (χ4n) is 2.02. The number of anilines is 2. The highest BCUT2D eigenvalue weighted by Crippen LogP contribution is 2.17. The maximum absolute atomic E-state index is 11.8. The van der Waals surface area contributed by atoms with Gasteiger partial charge in [0.05, 0.1) is 6.61 Å². The van der Waals surface area contributed by atoms with Gasteiger partial charge in [0.1, 0.15) is 0 Å². The maximum Gasteiger partial charge on any atom is 0.413 e. The summed E-state index contributed by atoms with van der Waals surface area (Å²) in [5.41, 5.74) is 1.35. The predicted molar refractivity (Wildman–Crippen MR) is 96.9 cm³/mol. The van der Waals surface area contributed by atoms with Gasteiger partial charge >= 0.3 is 12.1 Å². The van der Waals surface area contributed by atoms with Crippen molar-refractivity contribution in [3.63, 3.8) is 0 Å². The third kappa shape index (κ3) is 5.27. The molecule has 0 aliphatic rings. The molecule has 2 aromatic rings. The normalized spacial score (nSPS) is 10.1. The van der Waals surface area contributed by atoms with Gasteiger partial charge < -0.3 is 15.4 Å². The second-order valence-electron chi connectivity index (χ2n) is 5.02. The minimum atomic E-state index is -0.412. The van der Waals surface area contributed by atoms with E-state index in [0.717, 1.165) is 6.42 Å². The first-order valence-corrected chi connectivity index (χ1v) is 8.56. The third-order valence-electron chi connectivity index (χ3n) is 3.29. The molecule has 1 aromatic heterocycles. The number of nitrogens with zero attached hydrogens (tertiary/aromatic N) is 1. The van der Waals surface area contributed by atoms with Gasteiger partial charge in [0.25, 0.3) is 0 Å². The SMILES string of the molecule is CCOC(=O)N(C)c1ccc(NC(=O)NCCc2cccs2)cc1. The first kappa shape index (κ1) is 17.8. The van der Waals surface area contributed by atoms with Gasteiger partial charge in [-0.1, -0.05) is 6.07 Å². The number of benzene rings is 1. The summed E-state index contributed by atoms with van der Waals surface area (Å²) in [6, 6.07) is 10.8. The van der Waals surface area contributed by atoms with Crippen LogP contribution in [0.5, 0.6) is 0 Å². The highest BCUT2D eigenvalue weighted by Gasteiger charge is 2.11. The molecule has 2 N–H and O–H groups in total.